The van der Waals surface area contributed by atoms with Gasteiger partial charge in [-0.15, -0.1) is 0 Å². The number of benzene rings is 1. The third-order valence-corrected chi connectivity index (χ3v) is 2.42. The van der Waals surface area contributed by atoms with Crippen LogP contribution >= 0.6 is 0 Å². The molecule has 16 heavy (non-hydrogen) atoms. The van der Waals surface area contributed by atoms with Crippen molar-refractivity contribution in [3.63, 3.8) is 0 Å². The van der Waals surface area contributed by atoms with Crippen molar-refractivity contribution in [1.29, 1.82) is 0 Å². The number of hydrogen-bond donors (Lipinski definition) is 1. The molecule has 0 unspecified atom stereocenters. The van der Waals surface area contributed by atoms with E-state index in [9.17, 15) is 9.18 Å². The van der Waals surface area contributed by atoms with Gasteiger partial charge in [-0.25, -0.2) is 4.39 Å². The van der Waals surface area contributed by atoms with Crippen molar-refractivity contribution < 1.29 is 9.18 Å². The summed E-state index contributed by atoms with van der Waals surface area (Å²) in [5.74, 6) is -1.36. The van der Waals surface area contributed by atoms with Crippen molar-refractivity contribution in [2.45, 2.75) is 13.8 Å². The molecular weight excluding hydrogens is 205 g/mol. The van der Waals surface area contributed by atoms with Gasteiger partial charge >= 0.3 is 0 Å². The quantitative estimate of drug-likeness (QED) is 0.780. The molecular formula is C13H14FNO. The number of carbonyl (C=O) groups is 1. The molecule has 0 saturated heterocycles. The smallest absolute Gasteiger partial charge is 0.251 e. The number of carbonyl (C=O) groups excluding carboxylic acids is 1. The third-order valence-electron chi connectivity index (χ3n) is 2.42. The highest BCUT2D eigenvalue weighted by Gasteiger charge is 2.12. The van der Waals surface area contributed by atoms with Gasteiger partial charge in [0, 0.05) is 0 Å². The Balaban J connectivity index is 3.47. The van der Waals surface area contributed by atoms with Crippen LogP contribution < -0.4 is 5.73 Å². The van der Waals surface area contributed by atoms with E-state index in [0.29, 0.717) is 0 Å². The maximum absolute atomic E-state index is 13.4. The number of hydrogen-bond acceptors (Lipinski definition) is 1. The van der Waals surface area contributed by atoms with E-state index >= 15 is 0 Å². The van der Waals surface area contributed by atoms with Crippen LogP contribution in [0, 0.1) is 12.7 Å². The summed E-state index contributed by atoms with van der Waals surface area (Å²) in [6.07, 6.45) is 3.50. The van der Waals surface area contributed by atoms with Gasteiger partial charge in [-0.05, 0) is 42.7 Å². The molecule has 0 radical (unpaired) electrons. The fourth-order valence-corrected chi connectivity index (χ4v) is 1.56. The lowest BCUT2D eigenvalue weighted by atomic mass is 9.97. The predicted molar refractivity (Wildman–Crippen MR) is 63.5 cm³/mol. The molecule has 0 fully saturated rings. The van der Waals surface area contributed by atoms with Gasteiger partial charge in [0.2, 0.25) is 0 Å². The summed E-state index contributed by atoms with van der Waals surface area (Å²) < 4.78 is 13.4. The van der Waals surface area contributed by atoms with Gasteiger partial charge in [-0.3, -0.25) is 4.79 Å². The SMILES string of the molecule is C=C/C(=C\C)c1cc(C(N)=O)c(F)cc1C. The summed E-state index contributed by atoms with van der Waals surface area (Å²) in [6, 6.07) is 2.77. The standard InChI is InChI=1S/C13H14FNO/c1-4-9(5-2)10-7-11(13(15)16)12(14)6-8(10)3/h4-7H,1H2,2-3H3,(H2,15,16)/b9-5+. The van der Waals surface area contributed by atoms with Crippen LogP contribution in [0.4, 0.5) is 4.39 Å². The molecule has 1 rings (SSSR count). The van der Waals surface area contributed by atoms with Crippen molar-refractivity contribution in [3.8, 4) is 0 Å². The molecule has 0 atom stereocenters. The van der Waals surface area contributed by atoms with Crippen LogP contribution in [0.15, 0.2) is 30.9 Å². The molecule has 84 valence electrons. The Hall–Kier alpha value is -1.90. The van der Waals surface area contributed by atoms with E-state index in [4.69, 9.17) is 5.73 Å². The number of halogens is 1. The van der Waals surface area contributed by atoms with Crippen molar-refractivity contribution >= 4 is 11.5 Å². The first-order valence-electron chi connectivity index (χ1n) is 4.90. The van der Waals surface area contributed by atoms with Crippen LogP contribution in [0.5, 0.6) is 0 Å². The molecule has 0 aliphatic carbocycles. The largest absolute Gasteiger partial charge is 0.366 e. The second-order valence-corrected chi connectivity index (χ2v) is 3.46. The summed E-state index contributed by atoms with van der Waals surface area (Å²) in [4.78, 5) is 11.0. The molecule has 0 aliphatic heterocycles. The average molecular weight is 219 g/mol. The normalized spacial score (nSPS) is 11.3. The minimum Gasteiger partial charge on any atom is -0.366 e. The summed E-state index contributed by atoms with van der Waals surface area (Å²) in [6.45, 7) is 7.29. The average Bonchev–Trinajstić information content (AvgIpc) is 2.22. The van der Waals surface area contributed by atoms with Gasteiger partial charge in [0.1, 0.15) is 5.82 Å². The van der Waals surface area contributed by atoms with Crippen LogP contribution in [-0.2, 0) is 0 Å². The zero-order valence-corrected chi connectivity index (χ0v) is 9.38. The lowest BCUT2D eigenvalue weighted by Crippen LogP contribution is -2.14. The summed E-state index contributed by atoms with van der Waals surface area (Å²) >= 11 is 0. The van der Waals surface area contributed by atoms with E-state index < -0.39 is 11.7 Å². The maximum atomic E-state index is 13.4. The first kappa shape index (κ1) is 12.2. The summed E-state index contributed by atoms with van der Waals surface area (Å²) in [5, 5.41) is 0. The molecule has 3 heteroatoms. The Labute approximate surface area is 94.3 Å². The van der Waals surface area contributed by atoms with E-state index in [1.165, 1.54) is 12.1 Å². The molecule has 0 bridgehead atoms. The number of aryl methyl sites for hydroxylation is 1. The first-order chi connectivity index (χ1) is 7.51. The summed E-state index contributed by atoms with van der Waals surface area (Å²) in [5.41, 5.74) is 7.36. The third kappa shape index (κ3) is 2.19. The minimum atomic E-state index is -0.765. The number of primary amides is 1. The van der Waals surface area contributed by atoms with Gasteiger partial charge in [-0.1, -0.05) is 18.7 Å². The van der Waals surface area contributed by atoms with Crippen molar-refractivity contribution in [1.82, 2.24) is 0 Å². The Bertz CT molecular complexity index is 475. The molecule has 2 N–H and O–H groups in total. The number of rotatable bonds is 3. The van der Waals surface area contributed by atoms with Crippen LogP contribution in [0.1, 0.15) is 28.4 Å². The second kappa shape index (κ2) is 4.75. The highest BCUT2D eigenvalue weighted by atomic mass is 19.1. The monoisotopic (exact) mass is 219 g/mol. The van der Waals surface area contributed by atoms with Gasteiger partial charge in [0.25, 0.3) is 5.91 Å². The van der Waals surface area contributed by atoms with Crippen molar-refractivity contribution in [2.24, 2.45) is 5.73 Å². The van der Waals surface area contributed by atoms with Gasteiger partial charge in [0.05, 0.1) is 5.56 Å². The molecule has 2 nitrogen and oxygen atoms in total. The molecule has 1 aromatic carbocycles. The fourth-order valence-electron chi connectivity index (χ4n) is 1.56. The lowest BCUT2D eigenvalue weighted by Gasteiger charge is -2.09. The zero-order valence-electron chi connectivity index (χ0n) is 9.38. The topological polar surface area (TPSA) is 43.1 Å². The lowest BCUT2D eigenvalue weighted by molar-refractivity contribution is 0.0996. The second-order valence-electron chi connectivity index (χ2n) is 3.46. The molecule has 0 heterocycles. The van der Waals surface area contributed by atoms with E-state index in [1.807, 2.05) is 13.0 Å². The van der Waals surface area contributed by atoms with Crippen LogP contribution in [0.25, 0.3) is 5.57 Å². The van der Waals surface area contributed by atoms with Crippen LogP contribution in [0.3, 0.4) is 0 Å². The number of amides is 1. The van der Waals surface area contributed by atoms with Crippen molar-refractivity contribution in [3.05, 3.63) is 53.4 Å². The van der Waals surface area contributed by atoms with E-state index in [0.717, 1.165) is 16.7 Å². The Morgan fingerprint density at radius 3 is 2.50 bits per heavy atom. The van der Waals surface area contributed by atoms with Crippen molar-refractivity contribution in [2.75, 3.05) is 0 Å². The summed E-state index contributed by atoms with van der Waals surface area (Å²) in [7, 11) is 0. The van der Waals surface area contributed by atoms with E-state index in [-0.39, 0.29) is 5.56 Å². The highest BCUT2D eigenvalue weighted by molar-refractivity contribution is 5.94. The highest BCUT2D eigenvalue weighted by Crippen LogP contribution is 2.23. The Morgan fingerprint density at radius 1 is 1.44 bits per heavy atom. The minimum absolute atomic E-state index is 0.0956. The molecule has 0 aliphatic rings. The molecule has 0 spiro atoms. The predicted octanol–water partition coefficient (Wildman–Crippen LogP) is 2.82. The zero-order chi connectivity index (χ0) is 12.3. The Kier molecular flexibility index (Phi) is 3.61. The van der Waals surface area contributed by atoms with E-state index in [1.54, 1.807) is 13.0 Å². The molecule has 1 aromatic rings. The van der Waals surface area contributed by atoms with E-state index in [2.05, 4.69) is 6.58 Å². The van der Waals surface area contributed by atoms with Gasteiger partial charge < -0.3 is 5.73 Å². The Morgan fingerprint density at radius 2 is 2.06 bits per heavy atom. The number of allylic oxidation sites excluding steroid dienone is 3. The van der Waals surface area contributed by atoms with Gasteiger partial charge in [0.15, 0.2) is 0 Å². The maximum Gasteiger partial charge on any atom is 0.251 e. The number of nitrogens with two attached hydrogens (primary N) is 1. The molecule has 1 amide bonds. The fraction of sp³-hybridized carbons (Fsp3) is 0.154. The van der Waals surface area contributed by atoms with Gasteiger partial charge in [-0.2, -0.15) is 0 Å². The van der Waals surface area contributed by atoms with Crippen LogP contribution in [-0.4, -0.2) is 5.91 Å². The molecule has 0 saturated carbocycles. The molecule has 0 aromatic heterocycles. The van der Waals surface area contributed by atoms with Crippen LogP contribution in [0.2, 0.25) is 0 Å². The first-order valence-corrected chi connectivity index (χ1v) is 4.90.